The van der Waals surface area contributed by atoms with E-state index in [1.54, 1.807) is 0 Å². The van der Waals surface area contributed by atoms with Gasteiger partial charge in [-0.2, -0.15) is 0 Å². The van der Waals surface area contributed by atoms with Gasteiger partial charge in [-0.1, -0.05) is 30.3 Å². The highest BCUT2D eigenvalue weighted by Crippen LogP contribution is 2.36. The van der Waals surface area contributed by atoms with Gasteiger partial charge in [0, 0.05) is 22.3 Å². The van der Waals surface area contributed by atoms with E-state index in [2.05, 4.69) is 54.7 Å². The minimum Gasteiger partial charge on any atom is -0.309 e. The topological polar surface area (TPSA) is 12.0 Å². The van der Waals surface area contributed by atoms with Crippen LogP contribution in [-0.2, 0) is 6.54 Å². The predicted molar refractivity (Wildman–Crippen MR) is 78.1 cm³/mol. The van der Waals surface area contributed by atoms with E-state index in [-0.39, 0.29) is 0 Å². The van der Waals surface area contributed by atoms with Gasteiger partial charge in [-0.15, -0.1) is 11.3 Å². The van der Waals surface area contributed by atoms with E-state index >= 15 is 0 Å². The zero-order valence-corrected chi connectivity index (χ0v) is 11.5. The maximum atomic E-state index is 3.66. The zero-order chi connectivity index (χ0) is 12.4. The summed E-state index contributed by atoms with van der Waals surface area (Å²) in [4.78, 5) is 2.86. The molecule has 0 amide bonds. The number of hydrogen-bond donors (Lipinski definition) is 1. The lowest BCUT2D eigenvalue weighted by atomic mass is 9.76. The molecule has 18 heavy (non-hydrogen) atoms. The second-order valence-corrected chi connectivity index (χ2v) is 6.54. The van der Waals surface area contributed by atoms with Gasteiger partial charge in [-0.25, -0.2) is 0 Å². The van der Waals surface area contributed by atoms with E-state index in [1.807, 2.05) is 11.3 Å². The van der Waals surface area contributed by atoms with E-state index in [0.29, 0.717) is 6.04 Å². The van der Waals surface area contributed by atoms with Crippen molar-refractivity contribution >= 4 is 11.3 Å². The maximum absolute atomic E-state index is 3.66. The summed E-state index contributed by atoms with van der Waals surface area (Å²) in [6.45, 7) is 3.20. The lowest BCUT2D eigenvalue weighted by molar-refractivity contribution is 0.290. The molecule has 94 valence electrons. The third kappa shape index (κ3) is 2.65. The Morgan fingerprint density at radius 1 is 1.11 bits per heavy atom. The van der Waals surface area contributed by atoms with Crippen molar-refractivity contribution in [2.45, 2.75) is 38.3 Å². The first kappa shape index (κ1) is 11.9. The molecule has 1 aromatic heterocycles. The summed E-state index contributed by atoms with van der Waals surface area (Å²) in [6, 6.07) is 16.0. The van der Waals surface area contributed by atoms with Gasteiger partial charge in [-0.3, -0.25) is 0 Å². The smallest absolute Gasteiger partial charge is 0.0302 e. The summed E-state index contributed by atoms with van der Waals surface area (Å²) in [5.74, 6) is 0.772. The molecule has 2 aromatic rings. The zero-order valence-electron chi connectivity index (χ0n) is 10.7. The standard InChI is InChI=1S/C16H19NS/c1-12-7-8-16(18-12)11-17-15-9-14(10-15)13-5-3-2-4-6-13/h2-8,14-15,17H,9-11H2,1H3. The minimum absolute atomic E-state index is 0.706. The van der Waals surface area contributed by atoms with Crippen molar-refractivity contribution in [2.75, 3.05) is 0 Å². The average molecular weight is 257 g/mol. The predicted octanol–water partition coefficient (Wildman–Crippen LogP) is 4.09. The van der Waals surface area contributed by atoms with Crippen LogP contribution in [-0.4, -0.2) is 6.04 Å². The fourth-order valence-corrected chi connectivity index (χ4v) is 3.45. The summed E-state index contributed by atoms with van der Waals surface area (Å²) in [5, 5.41) is 3.66. The van der Waals surface area contributed by atoms with Crippen molar-refractivity contribution in [1.29, 1.82) is 0 Å². The van der Waals surface area contributed by atoms with E-state index < -0.39 is 0 Å². The second kappa shape index (κ2) is 5.25. The molecule has 0 unspecified atom stereocenters. The fraction of sp³-hybridized carbons (Fsp3) is 0.375. The molecule has 1 aliphatic rings. The molecule has 1 fully saturated rings. The Labute approximate surface area is 113 Å². The lowest BCUT2D eigenvalue weighted by Crippen LogP contribution is -2.39. The number of benzene rings is 1. The van der Waals surface area contributed by atoms with Crippen molar-refractivity contribution in [3.05, 3.63) is 57.8 Å². The van der Waals surface area contributed by atoms with Crippen LogP contribution in [0.5, 0.6) is 0 Å². The summed E-state index contributed by atoms with van der Waals surface area (Å²) in [6.07, 6.45) is 2.57. The molecule has 0 spiro atoms. The largest absolute Gasteiger partial charge is 0.309 e. The Hall–Kier alpha value is -1.12. The highest BCUT2D eigenvalue weighted by molar-refractivity contribution is 7.11. The molecule has 1 N–H and O–H groups in total. The van der Waals surface area contributed by atoms with Crippen LogP contribution in [0.25, 0.3) is 0 Å². The van der Waals surface area contributed by atoms with Crippen LogP contribution >= 0.6 is 11.3 Å². The highest BCUT2D eigenvalue weighted by Gasteiger charge is 2.29. The molecule has 0 bridgehead atoms. The molecule has 1 aromatic carbocycles. The van der Waals surface area contributed by atoms with Crippen LogP contribution in [0.3, 0.4) is 0 Å². The third-order valence-electron chi connectivity index (χ3n) is 3.77. The van der Waals surface area contributed by atoms with Crippen LogP contribution in [0, 0.1) is 6.92 Å². The fourth-order valence-electron chi connectivity index (χ4n) is 2.61. The quantitative estimate of drug-likeness (QED) is 0.870. The number of aryl methyl sites for hydroxylation is 1. The summed E-state index contributed by atoms with van der Waals surface area (Å²) < 4.78 is 0. The average Bonchev–Trinajstić information content (AvgIpc) is 2.74. The third-order valence-corrected chi connectivity index (χ3v) is 4.77. The molecule has 3 rings (SSSR count). The summed E-state index contributed by atoms with van der Waals surface area (Å²) >= 11 is 1.90. The van der Waals surface area contributed by atoms with Crippen molar-refractivity contribution in [3.63, 3.8) is 0 Å². The Morgan fingerprint density at radius 2 is 1.89 bits per heavy atom. The van der Waals surface area contributed by atoms with Crippen molar-refractivity contribution < 1.29 is 0 Å². The van der Waals surface area contributed by atoms with Crippen LogP contribution in [0.15, 0.2) is 42.5 Å². The van der Waals surface area contributed by atoms with Gasteiger partial charge < -0.3 is 5.32 Å². The number of thiophene rings is 1. The van der Waals surface area contributed by atoms with Crippen LogP contribution < -0.4 is 5.32 Å². The van der Waals surface area contributed by atoms with Crippen molar-refractivity contribution in [3.8, 4) is 0 Å². The first-order valence-electron chi connectivity index (χ1n) is 6.65. The van der Waals surface area contributed by atoms with Crippen molar-refractivity contribution in [1.82, 2.24) is 5.32 Å². The molecule has 1 saturated carbocycles. The van der Waals surface area contributed by atoms with Gasteiger partial charge in [0.25, 0.3) is 0 Å². The molecule has 1 nitrogen and oxygen atoms in total. The molecule has 0 saturated heterocycles. The lowest BCUT2D eigenvalue weighted by Gasteiger charge is -2.36. The molecule has 2 heteroatoms. The second-order valence-electron chi connectivity index (χ2n) is 5.17. The number of rotatable bonds is 4. The summed E-state index contributed by atoms with van der Waals surface area (Å²) in [7, 11) is 0. The molecule has 0 aliphatic heterocycles. The van der Waals surface area contributed by atoms with E-state index in [9.17, 15) is 0 Å². The maximum Gasteiger partial charge on any atom is 0.0302 e. The molecular weight excluding hydrogens is 238 g/mol. The van der Waals surface area contributed by atoms with Gasteiger partial charge in [0.05, 0.1) is 0 Å². The van der Waals surface area contributed by atoms with Crippen LogP contribution in [0.2, 0.25) is 0 Å². The van der Waals surface area contributed by atoms with Gasteiger partial charge in [0.2, 0.25) is 0 Å². The Balaban J connectivity index is 1.46. The van der Waals surface area contributed by atoms with E-state index in [4.69, 9.17) is 0 Å². The van der Waals surface area contributed by atoms with E-state index in [0.717, 1.165) is 12.5 Å². The first-order valence-corrected chi connectivity index (χ1v) is 7.46. The van der Waals surface area contributed by atoms with E-state index in [1.165, 1.54) is 28.2 Å². The number of hydrogen-bond acceptors (Lipinski definition) is 2. The van der Waals surface area contributed by atoms with Gasteiger partial charge in [-0.05, 0) is 43.4 Å². The normalized spacial score (nSPS) is 22.7. The first-order chi connectivity index (χ1) is 8.81. The molecule has 1 heterocycles. The molecule has 1 aliphatic carbocycles. The van der Waals surface area contributed by atoms with Gasteiger partial charge in [0.15, 0.2) is 0 Å². The summed E-state index contributed by atoms with van der Waals surface area (Å²) in [5.41, 5.74) is 1.50. The SMILES string of the molecule is Cc1ccc(CNC2CC(c3ccccc3)C2)s1. The Kier molecular flexibility index (Phi) is 3.48. The Morgan fingerprint density at radius 3 is 2.56 bits per heavy atom. The van der Waals surface area contributed by atoms with Crippen LogP contribution in [0.1, 0.15) is 34.1 Å². The Bertz CT molecular complexity index is 497. The highest BCUT2D eigenvalue weighted by atomic mass is 32.1. The monoisotopic (exact) mass is 257 g/mol. The molecule has 0 atom stereocenters. The van der Waals surface area contributed by atoms with Gasteiger partial charge >= 0.3 is 0 Å². The van der Waals surface area contributed by atoms with Gasteiger partial charge in [0.1, 0.15) is 0 Å². The minimum atomic E-state index is 0.706. The molecular formula is C16H19NS. The van der Waals surface area contributed by atoms with Crippen LogP contribution in [0.4, 0.5) is 0 Å². The van der Waals surface area contributed by atoms with Crippen molar-refractivity contribution in [2.24, 2.45) is 0 Å². The number of nitrogens with one attached hydrogen (secondary N) is 1. The molecule has 0 radical (unpaired) electrons.